The molecule has 13 atom stereocenters. The van der Waals surface area contributed by atoms with Gasteiger partial charge in [0, 0.05) is 20.1 Å². The second kappa shape index (κ2) is 12.9. The van der Waals surface area contributed by atoms with Gasteiger partial charge in [0.05, 0.1) is 23.2 Å². The second-order valence-corrected chi connectivity index (χ2v) is 16.0. The second-order valence-electron chi connectivity index (χ2n) is 16.0. The van der Waals surface area contributed by atoms with E-state index in [2.05, 4.69) is 0 Å². The average Bonchev–Trinajstić information content (AvgIpc) is 3.90. The van der Waals surface area contributed by atoms with Crippen molar-refractivity contribution in [3.8, 4) is 0 Å². The Labute approximate surface area is 268 Å². The molecule has 0 radical (unpaired) electrons. The monoisotopic (exact) mass is 630 g/mol. The van der Waals surface area contributed by atoms with Gasteiger partial charge in [0.2, 0.25) is 0 Å². The van der Waals surface area contributed by atoms with Crippen molar-refractivity contribution in [2.45, 2.75) is 122 Å². The third-order valence-electron chi connectivity index (χ3n) is 13.1. The standard InChI is InChI=1S/C29H40O6.C6H12O2.CH2O/c1-4-15(25(30)34-29-12-14-7-19(21(29)8-14)26(31)35-29)13-28(2,3)27(32)33-22-11-18-10-20(22)24-17-6-5-16(9-17)23(18)24;1-7-6-4-2-3-5-8-6;1-2/h14-24H,4-13H2,1-3H3;6H,2-5H2,1H3;1H2. The molecule has 0 aromatic rings. The lowest BCUT2D eigenvalue weighted by Gasteiger charge is -2.39. The van der Waals surface area contributed by atoms with E-state index in [0.29, 0.717) is 31.1 Å². The zero-order valence-corrected chi connectivity index (χ0v) is 27.7. The highest BCUT2D eigenvalue weighted by atomic mass is 16.7. The molecule has 13 unspecified atom stereocenters. The van der Waals surface area contributed by atoms with E-state index in [1.165, 1.54) is 38.5 Å². The lowest BCUT2D eigenvalue weighted by Crippen LogP contribution is -2.43. The van der Waals surface area contributed by atoms with Crippen LogP contribution in [0, 0.1) is 64.6 Å². The van der Waals surface area contributed by atoms with Crippen LogP contribution in [0.1, 0.15) is 104 Å². The number of methoxy groups -OCH3 is 1. The lowest BCUT2D eigenvalue weighted by atomic mass is 9.70. The maximum absolute atomic E-state index is 13.4. The van der Waals surface area contributed by atoms with Gasteiger partial charge in [0.15, 0.2) is 6.29 Å². The maximum atomic E-state index is 13.4. The highest BCUT2D eigenvalue weighted by molar-refractivity contribution is 5.80. The molecule has 0 aromatic carbocycles. The van der Waals surface area contributed by atoms with Gasteiger partial charge in [-0.1, -0.05) is 6.92 Å². The van der Waals surface area contributed by atoms with Gasteiger partial charge in [-0.15, -0.1) is 0 Å². The highest BCUT2D eigenvalue weighted by Crippen LogP contribution is 2.68. The SMILES string of the molecule is C=O.CCC(CC(C)(C)C(=O)OC1CC2CC1C1C3CCC(C3)C21)C(=O)OC12CC3CC(C(=O)O1)C2C3.COC1CCCCO1. The molecule has 8 aliphatic rings. The molecule has 0 spiro atoms. The summed E-state index contributed by atoms with van der Waals surface area (Å²) < 4.78 is 28.1. The van der Waals surface area contributed by atoms with Crippen LogP contribution >= 0.6 is 0 Å². The predicted molar refractivity (Wildman–Crippen MR) is 163 cm³/mol. The number of carbonyl (C=O) groups excluding carboxylic acids is 4. The predicted octanol–water partition coefficient (Wildman–Crippen LogP) is 5.86. The number of ether oxygens (including phenoxy) is 5. The Kier molecular flexibility index (Phi) is 9.43. The number of hydrogen-bond donors (Lipinski definition) is 0. The van der Waals surface area contributed by atoms with Gasteiger partial charge in [0.25, 0.3) is 5.79 Å². The minimum absolute atomic E-state index is 0.00639. The Morgan fingerprint density at radius 3 is 2.40 bits per heavy atom. The third kappa shape index (κ3) is 5.87. The van der Waals surface area contributed by atoms with Crippen LogP contribution < -0.4 is 0 Å². The fourth-order valence-electron chi connectivity index (χ4n) is 11.3. The zero-order valence-electron chi connectivity index (χ0n) is 27.7. The van der Waals surface area contributed by atoms with Crippen LogP contribution in [0.25, 0.3) is 0 Å². The van der Waals surface area contributed by atoms with Crippen molar-refractivity contribution in [1.82, 2.24) is 0 Å². The molecule has 252 valence electrons. The molecule has 6 aliphatic carbocycles. The molecular weight excluding hydrogens is 576 g/mol. The van der Waals surface area contributed by atoms with E-state index in [9.17, 15) is 14.4 Å². The Morgan fingerprint density at radius 1 is 1.00 bits per heavy atom. The van der Waals surface area contributed by atoms with Crippen molar-refractivity contribution in [3.63, 3.8) is 0 Å². The van der Waals surface area contributed by atoms with Gasteiger partial charge in [-0.3, -0.25) is 14.4 Å². The van der Waals surface area contributed by atoms with Gasteiger partial charge in [0.1, 0.15) is 12.9 Å². The molecule has 8 fully saturated rings. The summed E-state index contributed by atoms with van der Waals surface area (Å²) in [6.45, 7) is 8.64. The summed E-state index contributed by atoms with van der Waals surface area (Å²) in [5.41, 5.74) is -0.767. The number of fused-ring (bicyclic) bond motifs is 10. The number of hydrogen-bond acceptors (Lipinski definition) is 9. The molecular formula is C36H54O9. The lowest BCUT2D eigenvalue weighted by molar-refractivity contribution is -0.226. The van der Waals surface area contributed by atoms with Gasteiger partial charge in [-0.2, -0.15) is 0 Å². The molecule has 0 amide bonds. The van der Waals surface area contributed by atoms with Gasteiger partial charge < -0.3 is 28.5 Å². The molecule has 8 rings (SSSR count). The molecule has 6 bridgehead atoms. The Bertz CT molecular complexity index is 1120. The van der Waals surface area contributed by atoms with E-state index in [4.69, 9.17) is 28.5 Å². The van der Waals surface area contributed by atoms with E-state index in [1.807, 2.05) is 27.6 Å². The third-order valence-corrected chi connectivity index (χ3v) is 13.1. The topological polar surface area (TPSA) is 114 Å². The van der Waals surface area contributed by atoms with Crippen LogP contribution in [-0.4, -0.2) is 56.6 Å². The van der Waals surface area contributed by atoms with Crippen LogP contribution in [0.3, 0.4) is 0 Å². The smallest absolute Gasteiger partial charge is 0.312 e. The average molecular weight is 631 g/mol. The molecule has 0 aromatic heterocycles. The molecule has 2 saturated heterocycles. The maximum Gasteiger partial charge on any atom is 0.312 e. The Balaban J connectivity index is 0.000000310. The van der Waals surface area contributed by atoms with Crippen molar-refractivity contribution in [1.29, 1.82) is 0 Å². The number of esters is 3. The highest BCUT2D eigenvalue weighted by Gasteiger charge is 2.68. The van der Waals surface area contributed by atoms with Gasteiger partial charge in [-0.25, -0.2) is 0 Å². The molecule has 2 aliphatic heterocycles. The van der Waals surface area contributed by atoms with Crippen molar-refractivity contribution < 1.29 is 42.9 Å². The quantitative estimate of drug-likeness (QED) is 0.240. The zero-order chi connectivity index (χ0) is 32.1. The van der Waals surface area contributed by atoms with E-state index in [1.54, 1.807) is 7.11 Å². The van der Waals surface area contributed by atoms with E-state index < -0.39 is 17.1 Å². The summed E-state index contributed by atoms with van der Waals surface area (Å²) in [6.07, 6.45) is 13.5. The molecule has 45 heavy (non-hydrogen) atoms. The Hall–Kier alpha value is -2.00. The molecule has 9 heteroatoms. The minimum atomic E-state index is -1.06. The van der Waals surface area contributed by atoms with Crippen LogP contribution in [0.5, 0.6) is 0 Å². The van der Waals surface area contributed by atoms with E-state index in [-0.39, 0.29) is 42.1 Å². The molecule has 0 N–H and O–H groups in total. The van der Waals surface area contributed by atoms with Crippen molar-refractivity contribution >= 4 is 24.7 Å². The van der Waals surface area contributed by atoms with Gasteiger partial charge >= 0.3 is 17.9 Å². The van der Waals surface area contributed by atoms with Crippen molar-refractivity contribution in [2.75, 3.05) is 13.7 Å². The van der Waals surface area contributed by atoms with Crippen LogP contribution in [0.15, 0.2) is 0 Å². The first-order valence-corrected chi connectivity index (χ1v) is 17.7. The molecule has 6 saturated carbocycles. The van der Waals surface area contributed by atoms with Crippen molar-refractivity contribution in [3.05, 3.63) is 0 Å². The summed E-state index contributed by atoms with van der Waals surface area (Å²) in [5.74, 6) is 2.90. The normalized spacial score (nSPS) is 43.5. The fraction of sp³-hybridized carbons (Fsp3) is 0.889. The molecule has 2 heterocycles. The largest absolute Gasteiger partial charge is 0.462 e. The summed E-state index contributed by atoms with van der Waals surface area (Å²) in [6, 6.07) is 0. The van der Waals surface area contributed by atoms with Crippen LogP contribution in [-0.2, 0) is 42.9 Å². The van der Waals surface area contributed by atoms with E-state index >= 15 is 0 Å². The first-order valence-electron chi connectivity index (χ1n) is 17.7. The van der Waals surface area contributed by atoms with Crippen LogP contribution in [0.4, 0.5) is 0 Å². The summed E-state index contributed by atoms with van der Waals surface area (Å²) in [5, 5.41) is 0. The van der Waals surface area contributed by atoms with Crippen LogP contribution in [0.2, 0.25) is 0 Å². The number of carbonyl (C=O) groups is 4. The first-order chi connectivity index (χ1) is 21.6. The first kappa shape index (κ1) is 32.9. The fourth-order valence-corrected chi connectivity index (χ4v) is 11.3. The van der Waals surface area contributed by atoms with Gasteiger partial charge in [-0.05, 0) is 132 Å². The Morgan fingerprint density at radius 2 is 1.76 bits per heavy atom. The van der Waals surface area contributed by atoms with E-state index in [0.717, 1.165) is 61.9 Å². The minimum Gasteiger partial charge on any atom is -0.462 e. The number of rotatable bonds is 8. The van der Waals surface area contributed by atoms with Crippen molar-refractivity contribution in [2.24, 2.45) is 64.6 Å². The summed E-state index contributed by atoms with van der Waals surface area (Å²) in [4.78, 5) is 47.0. The molecule has 9 nitrogen and oxygen atoms in total. The summed E-state index contributed by atoms with van der Waals surface area (Å²) >= 11 is 0. The summed E-state index contributed by atoms with van der Waals surface area (Å²) in [7, 11) is 1.69.